The zero-order chi connectivity index (χ0) is 19.1. The van der Waals surface area contributed by atoms with E-state index in [0.717, 1.165) is 11.4 Å². The number of nitrogens with two attached hydrogens (primary N) is 1. The van der Waals surface area contributed by atoms with Gasteiger partial charge >= 0.3 is 0 Å². The smallest absolute Gasteiger partial charge is 0.167 e. The predicted molar refractivity (Wildman–Crippen MR) is 117 cm³/mol. The molecule has 0 aliphatic heterocycles. The molecular formula is C23H30N2Si. The van der Waals surface area contributed by atoms with E-state index in [-0.39, 0.29) is 0 Å². The van der Waals surface area contributed by atoms with E-state index in [1.807, 2.05) is 12.1 Å². The Morgan fingerprint density at radius 1 is 0.769 bits per heavy atom. The highest BCUT2D eigenvalue weighted by Crippen LogP contribution is 2.50. The lowest BCUT2D eigenvalue weighted by Crippen LogP contribution is -2.50. The van der Waals surface area contributed by atoms with Crippen LogP contribution >= 0.6 is 0 Å². The second-order valence-electron chi connectivity index (χ2n) is 7.93. The first kappa shape index (κ1) is 18.5. The molecule has 0 saturated heterocycles. The first-order valence-electron chi connectivity index (χ1n) is 9.31. The van der Waals surface area contributed by atoms with Crippen molar-refractivity contribution in [2.24, 2.45) is 0 Å². The van der Waals surface area contributed by atoms with Crippen LogP contribution in [0, 0.1) is 0 Å². The van der Waals surface area contributed by atoms with Crippen molar-refractivity contribution in [3.8, 4) is 0 Å². The quantitative estimate of drug-likeness (QED) is 0.486. The van der Waals surface area contributed by atoms with Crippen molar-refractivity contribution in [3.05, 3.63) is 76.9 Å². The monoisotopic (exact) mass is 362 g/mol. The topological polar surface area (TPSA) is 29.3 Å². The fourth-order valence-corrected chi connectivity index (χ4v) is 9.04. The molecule has 1 aliphatic rings. The molecule has 0 bridgehead atoms. The summed E-state index contributed by atoms with van der Waals surface area (Å²) in [7, 11) is -1.98. The van der Waals surface area contributed by atoms with Crippen LogP contribution in [0.1, 0.15) is 27.7 Å². The van der Waals surface area contributed by atoms with Gasteiger partial charge in [-0.2, -0.15) is 0 Å². The molecule has 2 N–H and O–H groups in total. The third-order valence-corrected chi connectivity index (χ3v) is 10.0. The minimum Gasteiger partial charge on any atom is -0.397 e. The van der Waals surface area contributed by atoms with E-state index in [0.29, 0.717) is 5.54 Å². The fraction of sp³-hybridized carbons (Fsp3) is 0.304. The van der Waals surface area contributed by atoms with Crippen LogP contribution in [0.2, 0.25) is 18.6 Å². The Kier molecular flexibility index (Phi) is 4.85. The van der Waals surface area contributed by atoms with Gasteiger partial charge in [0.1, 0.15) is 0 Å². The van der Waals surface area contributed by atoms with Gasteiger partial charge in [0.05, 0.1) is 11.4 Å². The molecular weight excluding hydrogens is 332 g/mol. The molecule has 0 amide bonds. The lowest BCUT2D eigenvalue weighted by Gasteiger charge is -2.44. The minimum absolute atomic E-state index is 0.488. The largest absolute Gasteiger partial charge is 0.397 e. The Morgan fingerprint density at radius 3 is 1.81 bits per heavy atom. The molecule has 0 radical (unpaired) electrons. The summed E-state index contributed by atoms with van der Waals surface area (Å²) in [5.41, 5.74) is 16.1. The average Bonchev–Trinajstić information content (AvgIpc) is 2.81. The van der Waals surface area contributed by atoms with Crippen molar-refractivity contribution in [1.82, 2.24) is 0 Å². The summed E-state index contributed by atoms with van der Waals surface area (Å²) in [4.78, 5) is 0. The van der Waals surface area contributed by atoms with E-state index in [1.54, 1.807) is 0 Å². The summed E-state index contributed by atoms with van der Waals surface area (Å²) in [5.74, 6) is 0. The van der Waals surface area contributed by atoms with E-state index in [4.69, 9.17) is 5.73 Å². The first-order chi connectivity index (χ1) is 12.3. The van der Waals surface area contributed by atoms with Crippen molar-refractivity contribution in [2.75, 3.05) is 10.3 Å². The van der Waals surface area contributed by atoms with Gasteiger partial charge in [-0.1, -0.05) is 54.6 Å². The molecule has 0 unspecified atom stereocenters. The van der Waals surface area contributed by atoms with Gasteiger partial charge in [-0.05, 0) is 63.1 Å². The molecule has 2 nitrogen and oxygen atoms in total. The number of allylic oxidation sites excluding steroid dienone is 4. The van der Waals surface area contributed by atoms with Crippen LogP contribution in [0.25, 0.3) is 0 Å². The van der Waals surface area contributed by atoms with Gasteiger partial charge in [0.2, 0.25) is 0 Å². The van der Waals surface area contributed by atoms with E-state index in [9.17, 15) is 0 Å². The summed E-state index contributed by atoms with van der Waals surface area (Å²) in [6, 6.07) is 19.0. The maximum absolute atomic E-state index is 6.43. The van der Waals surface area contributed by atoms with Crippen LogP contribution in [0.4, 0.5) is 17.1 Å². The van der Waals surface area contributed by atoms with Crippen molar-refractivity contribution < 1.29 is 0 Å². The van der Waals surface area contributed by atoms with Crippen molar-refractivity contribution in [3.63, 3.8) is 0 Å². The molecule has 1 aliphatic carbocycles. The summed E-state index contributed by atoms with van der Waals surface area (Å²) >= 11 is 0. The number of benzene rings is 2. The van der Waals surface area contributed by atoms with Crippen molar-refractivity contribution >= 4 is 25.3 Å². The maximum Gasteiger partial charge on any atom is 0.167 e. The number of para-hydroxylation sites is 3. The maximum atomic E-state index is 6.43. The van der Waals surface area contributed by atoms with Crippen LogP contribution < -0.4 is 10.3 Å². The van der Waals surface area contributed by atoms with Crippen molar-refractivity contribution in [1.29, 1.82) is 0 Å². The van der Waals surface area contributed by atoms with E-state index < -0.39 is 8.24 Å². The van der Waals surface area contributed by atoms with Gasteiger partial charge in [-0.15, -0.1) is 0 Å². The van der Waals surface area contributed by atoms with Gasteiger partial charge in [-0.25, -0.2) is 0 Å². The summed E-state index contributed by atoms with van der Waals surface area (Å²) < 4.78 is 2.55. The molecule has 2 aromatic carbocycles. The van der Waals surface area contributed by atoms with Crippen LogP contribution in [-0.4, -0.2) is 8.24 Å². The molecule has 0 heterocycles. The van der Waals surface area contributed by atoms with E-state index >= 15 is 0 Å². The highest BCUT2D eigenvalue weighted by atomic mass is 28.3. The molecule has 0 fully saturated rings. The first-order valence-corrected chi connectivity index (χ1v) is 12.3. The van der Waals surface area contributed by atoms with Gasteiger partial charge in [0, 0.05) is 11.2 Å². The standard InChI is InChI=1S/C23H30N2Si/c1-16-17(2)19(4)23(18(16)3)26(5,6)25(20-12-8-7-9-13-20)22-15-11-10-14-21(22)24/h7-15,23H,24H2,1-6H3. The molecule has 3 heteroatoms. The van der Waals surface area contributed by atoms with E-state index in [2.05, 4.69) is 87.8 Å². The van der Waals surface area contributed by atoms with Gasteiger partial charge in [0.15, 0.2) is 8.24 Å². The third-order valence-electron chi connectivity index (χ3n) is 6.09. The van der Waals surface area contributed by atoms with Gasteiger partial charge in [-0.3, -0.25) is 0 Å². The number of rotatable bonds is 4. The summed E-state index contributed by atoms with van der Waals surface area (Å²) in [6.45, 7) is 14.1. The minimum atomic E-state index is -1.98. The molecule has 3 rings (SSSR count). The van der Waals surface area contributed by atoms with Crippen LogP contribution in [0.15, 0.2) is 76.9 Å². The molecule has 2 aromatic rings. The molecule has 136 valence electrons. The molecule has 26 heavy (non-hydrogen) atoms. The highest BCUT2D eigenvalue weighted by molar-refractivity contribution is 6.85. The summed E-state index contributed by atoms with van der Waals surface area (Å²) in [5, 5.41) is 0. The Labute approximate surface area is 159 Å². The highest BCUT2D eigenvalue weighted by Gasteiger charge is 2.44. The van der Waals surface area contributed by atoms with E-state index in [1.165, 1.54) is 28.0 Å². The fourth-order valence-electron chi connectivity index (χ4n) is 4.59. The molecule has 0 atom stereocenters. The number of nitrogens with zero attached hydrogens (tertiary/aromatic N) is 1. The molecule has 0 saturated carbocycles. The molecule has 0 aromatic heterocycles. The second kappa shape index (κ2) is 6.80. The Bertz CT molecular complexity index is 854. The second-order valence-corrected chi connectivity index (χ2v) is 12.3. The Balaban J connectivity index is 2.21. The lowest BCUT2D eigenvalue weighted by atomic mass is 10.1. The zero-order valence-corrected chi connectivity index (χ0v) is 17.8. The third kappa shape index (κ3) is 2.90. The van der Waals surface area contributed by atoms with Crippen LogP contribution in [-0.2, 0) is 0 Å². The normalized spacial score (nSPS) is 15.8. The Hall–Kier alpha value is -2.26. The molecule has 0 spiro atoms. The SMILES string of the molecule is CC1=C(C)C([Si](C)(C)N(c2ccccc2)c2ccccc2N)C(C)=C1C. The van der Waals surface area contributed by atoms with Crippen molar-refractivity contribution in [2.45, 2.75) is 46.3 Å². The zero-order valence-electron chi connectivity index (χ0n) is 16.8. The van der Waals surface area contributed by atoms with Crippen LogP contribution in [0.5, 0.6) is 0 Å². The van der Waals surface area contributed by atoms with Gasteiger partial charge < -0.3 is 10.3 Å². The number of nitrogen functional groups attached to an aromatic ring is 1. The Morgan fingerprint density at radius 2 is 1.27 bits per heavy atom. The summed E-state index contributed by atoms with van der Waals surface area (Å²) in [6.07, 6.45) is 0. The average molecular weight is 363 g/mol. The number of anilines is 3. The van der Waals surface area contributed by atoms with Crippen LogP contribution in [0.3, 0.4) is 0 Å². The predicted octanol–water partition coefficient (Wildman–Crippen LogP) is 6.67. The number of hydrogen-bond acceptors (Lipinski definition) is 2. The number of hydrogen-bond donors (Lipinski definition) is 1. The lowest BCUT2D eigenvalue weighted by molar-refractivity contribution is 1.04. The van der Waals surface area contributed by atoms with Gasteiger partial charge in [0.25, 0.3) is 0 Å².